The van der Waals surface area contributed by atoms with Gasteiger partial charge in [-0.05, 0) is 67.6 Å². The fourth-order valence-corrected chi connectivity index (χ4v) is 4.53. The van der Waals surface area contributed by atoms with Crippen molar-refractivity contribution >= 4 is 34.7 Å². The summed E-state index contributed by atoms with van der Waals surface area (Å²) in [6.07, 6.45) is 0. The summed E-state index contributed by atoms with van der Waals surface area (Å²) in [5.74, 6) is 0.426. The van der Waals surface area contributed by atoms with Gasteiger partial charge in [-0.2, -0.15) is 0 Å². The fraction of sp³-hybridized carbons (Fsp3) is 0.130. The first-order chi connectivity index (χ1) is 15.5. The number of carbonyl (C=O) groups excluding carboxylic acids is 1. The Hall–Kier alpha value is -3.30. The Bertz CT molecular complexity index is 1210. The topological polar surface area (TPSA) is 77.0 Å². The second-order valence-electron chi connectivity index (χ2n) is 6.76. The molecule has 9 heteroatoms. The molecule has 1 amide bonds. The van der Waals surface area contributed by atoms with Crippen molar-refractivity contribution in [3.05, 3.63) is 72.2 Å². The van der Waals surface area contributed by atoms with Crippen molar-refractivity contribution in [1.29, 1.82) is 0 Å². The lowest BCUT2D eigenvalue weighted by molar-refractivity contribution is -0.113. The number of aromatic nitrogens is 3. The van der Waals surface area contributed by atoms with Gasteiger partial charge in [-0.1, -0.05) is 11.8 Å². The summed E-state index contributed by atoms with van der Waals surface area (Å²) in [7, 11) is 1.64. The van der Waals surface area contributed by atoms with Gasteiger partial charge in [0.2, 0.25) is 5.91 Å². The first kappa shape index (κ1) is 21.9. The number of thiazole rings is 1. The van der Waals surface area contributed by atoms with Crippen LogP contribution in [0.25, 0.3) is 21.1 Å². The van der Waals surface area contributed by atoms with E-state index in [4.69, 9.17) is 4.74 Å². The van der Waals surface area contributed by atoms with Crippen molar-refractivity contribution in [3.63, 3.8) is 0 Å². The number of rotatable bonds is 7. The molecule has 1 N–H and O–H groups in total. The number of hydrogen-bond donors (Lipinski definition) is 1. The highest BCUT2D eigenvalue weighted by atomic mass is 32.2. The molecule has 32 heavy (non-hydrogen) atoms. The summed E-state index contributed by atoms with van der Waals surface area (Å²) in [5, 5.41) is 12.8. The Morgan fingerprint density at radius 2 is 1.81 bits per heavy atom. The molecule has 2 aromatic heterocycles. The smallest absolute Gasteiger partial charge is 0.234 e. The molecular weight excluding hydrogens is 447 g/mol. The van der Waals surface area contributed by atoms with E-state index in [0.29, 0.717) is 10.7 Å². The summed E-state index contributed by atoms with van der Waals surface area (Å²) in [4.78, 5) is 17.7. The lowest BCUT2D eigenvalue weighted by atomic mass is 10.2. The summed E-state index contributed by atoms with van der Waals surface area (Å²) in [6, 6.07) is 17.1. The van der Waals surface area contributed by atoms with Crippen LogP contribution in [0.15, 0.2) is 65.7 Å². The highest BCUT2D eigenvalue weighted by Gasteiger charge is 2.14. The van der Waals surface area contributed by atoms with Crippen LogP contribution in [-0.2, 0) is 4.79 Å². The van der Waals surface area contributed by atoms with E-state index in [9.17, 15) is 9.18 Å². The van der Waals surface area contributed by atoms with Gasteiger partial charge in [-0.25, -0.2) is 9.37 Å². The molecular formula is C23H19FN4O2S2. The number of methoxy groups -OCH3 is 1. The molecule has 0 aliphatic rings. The summed E-state index contributed by atoms with van der Waals surface area (Å²) < 4.78 is 18.2. The lowest BCUT2D eigenvalue weighted by Crippen LogP contribution is -2.14. The van der Waals surface area contributed by atoms with Gasteiger partial charge in [-0.15, -0.1) is 21.5 Å². The molecule has 0 unspecified atom stereocenters. The van der Waals surface area contributed by atoms with Gasteiger partial charge in [0.1, 0.15) is 27.3 Å². The molecule has 0 radical (unpaired) electrons. The van der Waals surface area contributed by atoms with Gasteiger partial charge in [0.25, 0.3) is 0 Å². The number of anilines is 1. The average molecular weight is 467 g/mol. The van der Waals surface area contributed by atoms with Crippen LogP contribution in [-0.4, -0.2) is 34.0 Å². The zero-order valence-electron chi connectivity index (χ0n) is 17.3. The van der Waals surface area contributed by atoms with Crippen molar-refractivity contribution in [2.45, 2.75) is 11.9 Å². The minimum atomic E-state index is -0.347. The van der Waals surface area contributed by atoms with Gasteiger partial charge in [0, 0.05) is 11.3 Å². The van der Waals surface area contributed by atoms with Crippen LogP contribution in [0.1, 0.15) is 5.69 Å². The zero-order valence-corrected chi connectivity index (χ0v) is 19.0. The van der Waals surface area contributed by atoms with E-state index >= 15 is 0 Å². The number of benzene rings is 2. The Labute approximate surface area is 192 Å². The molecule has 2 aromatic carbocycles. The average Bonchev–Trinajstić information content (AvgIpc) is 3.21. The van der Waals surface area contributed by atoms with Crippen molar-refractivity contribution in [1.82, 2.24) is 15.2 Å². The number of thioether (sulfide) groups is 1. The maximum absolute atomic E-state index is 12.9. The van der Waals surface area contributed by atoms with Crippen molar-refractivity contribution in [2.24, 2.45) is 0 Å². The number of amides is 1. The fourth-order valence-electron chi connectivity index (χ4n) is 2.88. The molecule has 2 heterocycles. The SMILES string of the molecule is COc1ccc(-c2nc(C)c(-c3ccc(SCC(=O)Nc4ccc(F)cc4)nn3)s2)cc1. The molecule has 4 rings (SSSR count). The lowest BCUT2D eigenvalue weighted by Gasteiger charge is -2.05. The Balaban J connectivity index is 1.39. The molecule has 6 nitrogen and oxygen atoms in total. The monoisotopic (exact) mass is 466 g/mol. The van der Waals surface area contributed by atoms with E-state index in [0.717, 1.165) is 32.6 Å². The Kier molecular flexibility index (Phi) is 6.77. The Morgan fingerprint density at radius 3 is 2.47 bits per heavy atom. The summed E-state index contributed by atoms with van der Waals surface area (Å²) >= 11 is 2.83. The minimum absolute atomic E-state index is 0.173. The number of aryl methyl sites for hydroxylation is 1. The second kappa shape index (κ2) is 9.88. The molecule has 0 saturated heterocycles. The van der Waals surface area contributed by atoms with E-state index in [1.54, 1.807) is 18.4 Å². The van der Waals surface area contributed by atoms with Crippen LogP contribution in [0.4, 0.5) is 10.1 Å². The quantitative estimate of drug-likeness (QED) is 0.365. The molecule has 0 aliphatic heterocycles. The van der Waals surface area contributed by atoms with Crippen molar-refractivity contribution < 1.29 is 13.9 Å². The number of carbonyl (C=O) groups is 1. The van der Waals surface area contributed by atoms with Gasteiger partial charge in [-0.3, -0.25) is 4.79 Å². The molecule has 0 saturated carbocycles. The summed E-state index contributed by atoms with van der Waals surface area (Å²) in [5.41, 5.74) is 3.18. The number of ether oxygens (including phenoxy) is 1. The minimum Gasteiger partial charge on any atom is -0.497 e. The zero-order chi connectivity index (χ0) is 22.5. The summed E-state index contributed by atoms with van der Waals surface area (Å²) in [6.45, 7) is 1.95. The predicted octanol–water partition coefficient (Wildman–Crippen LogP) is 5.45. The maximum Gasteiger partial charge on any atom is 0.234 e. The van der Waals surface area contributed by atoms with Gasteiger partial charge >= 0.3 is 0 Å². The molecule has 162 valence electrons. The van der Waals surface area contributed by atoms with Gasteiger partial charge < -0.3 is 10.1 Å². The van der Waals surface area contributed by atoms with Crippen LogP contribution < -0.4 is 10.1 Å². The molecule has 4 aromatic rings. The highest BCUT2D eigenvalue weighted by Crippen LogP contribution is 2.35. The largest absolute Gasteiger partial charge is 0.497 e. The number of hydrogen-bond acceptors (Lipinski definition) is 7. The standard InChI is InChI=1S/C23H19FN4O2S2/c1-14-22(32-23(25-14)15-3-9-18(30-2)10-4-15)19-11-12-21(28-27-19)31-13-20(29)26-17-7-5-16(24)6-8-17/h3-12H,13H2,1-2H3,(H,26,29). The van der Waals surface area contributed by atoms with Gasteiger partial charge in [0.15, 0.2) is 0 Å². The molecule has 0 aliphatic carbocycles. The first-order valence-electron chi connectivity index (χ1n) is 9.66. The number of nitrogens with zero attached hydrogens (tertiary/aromatic N) is 3. The third-order valence-electron chi connectivity index (χ3n) is 4.49. The van der Waals surface area contributed by atoms with E-state index in [-0.39, 0.29) is 17.5 Å². The number of halogens is 1. The second-order valence-corrected chi connectivity index (χ2v) is 8.76. The molecule has 0 spiro atoms. The van der Waals surface area contributed by atoms with Crippen molar-refractivity contribution in [2.75, 3.05) is 18.2 Å². The van der Waals surface area contributed by atoms with Crippen molar-refractivity contribution in [3.8, 4) is 26.9 Å². The first-order valence-corrected chi connectivity index (χ1v) is 11.5. The molecule has 0 atom stereocenters. The molecule has 0 bridgehead atoms. The van der Waals surface area contributed by atoms with Crippen LogP contribution in [0.3, 0.4) is 0 Å². The third-order valence-corrected chi connectivity index (χ3v) is 6.63. The predicted molar refractivity (Wildman–Crippen MR) is 126 cm³/mol. The van der Waals surface area contributed by atoms with Crippen LogP contribution in [0, 0.1) is 12.7 Å². The third kappa shape index (κ3) is 5.30. The maximum atomic E-state index is 12.9. The van der Waals surface area contributed by atoms with Crippen LogP contribution in [0.2, 0.25) is 0 Å². The Morgan fingerprint density at radius 1 is 1.06 bits per heavy atom. The van der Waals surface area contributed by atoms with E-state index in [2.05, 4.69) is 20.5 Å². The van der Waals surface area contributed by atoms with E-state index in [1.165, 1.54) is 36.0 Å². The van der Waals surface area contributed by atoms with E-state index < -0.39 is 0 Å². The highest BCUT2D eigenvalue weighted by molar-refractivity contribution is 7.99. The van der Waals surface area contributed by atoms with E-state index in [1.807, 2.05) is 43.3 Å². The van der Waals surface area contributed by atoms with Crippen LogP contribution in [0.5, 0.6) is 5.75 Å². The molecule has 0 fully saturated rings. The van der Waals surface area contributed by atoms with Crippen LogP contribution >= 0.6 is 23.1 Å². The normalized spacial score (nSPS) is 10.7. The number of nitrogens with one attached hydrogen (secondary N) is 1. The van der Waals surface area contributed by atoms with Gasteiger partial charge in [0.05, 0.1) is 23.4 Å².